The van der Waals surface area contributed by atoms with Crippen molar-refractivity contribution in [2.75, 3.05) is 5.32 Å². The molecule has 2 N–H and O–H groups in total. The average Bonchev–Trinajstić information content (AvgIpc) is 2.38. The van der Waals surface area contributed by atoms with Crippen molar-refractivity contribution in [3.8, 4) is 5.75 Å². The van der Waals surface area contributed by atoms with Gasteiger partial charge in [0.2, 0.25) is 5.91 Å². The first kappa shape index (κ1) is 13.1. The molecule has 0 atom stereocenters. The second-order valence-corrected chi connectivity index (χ2v) is 4.19. The Bertz CT molecular complexity index is 584. The Labute approximate surface area is 110 Å². The van der Waals surface area contributed by atoms with Crippen LogP contribution in [0.25, 0.3) is 0 Å². The number of amides is 1. The number of carbonyl (C=O) groups is 1. The van der Waals surface area contributed by atoms with E-state index < -0.39 is 5.82 Å². The van der Waals surface area contributed by atoms with E-state index in [0.29, 0.717) is 12.1 Å². The molecule has 0 spiro atoms. The molecule has 2 aromatic carbocycles. The number of hydrogen-bond acceptors (Lipinski definition) is 2. The maximum absolute atomic E-state index is 12.9. The Kier molecular flexibility index (Phi) is 4.13. The van der Waals surface area contributed by atoms with E-state index >= 15 is 0 Å². The van der Waals surface area contributed by atoms with E-state index in [-0.39, 0.29) is 18.1 Å². The molecule has 2 aromatic rings. The third-order valence-corrected chi connectivity index (χ3v) is 2.72. The summed E-state index contributed by atoms with van der Waals surface area (Å²) in [5.74, 6) is -0.423. The van der Waals surface area contributed by atoms with Gasteiger partial charge in [0.05, 0.1) is 0 Å². The van der Waals surface area contributed by atoms with Crippen LogP contribution in [0.15, 0.2) is 48.5 Å². The maximum Gasteiger partial charge on any atom is 0.224 e. The quantitative estimate of drug-likeness (QED) is 0.886. The summed E-state index contributed by atoms with van der Waals surface area (Å²) < 4.78 is 12.9. The lowest BCUT2D eigenvalue weighted by Crippen LogP contribution is -2.12. The number of nitrogens with one attached hydrogen (secondary N) is 1. The molecule has 19 heavy (non-hydrogen) atoms. The molecule has 0 heterocycles. The minimum absolute atomic E-state index is 0.182. The zero-order valence-corrected chi connectivity index (χ0v) is 10.3. The largest absolute Gasteiger partial charge is 0.508 e. The zero-order chi connectivity index (χ0) is 13.7. The summed E-state index contributed by atoms with van der Waals surface area (Å²) >= 11 is 0. The monoisotopic (exact) mass is 259 g/mol. The third-order valence-electron chi connectivity index (χ3n) is 2.72. The van der Waals surface area contributed by atoms with Crippen LogP contribution in [0, 0.1) is 5.82 Å². The number of anilines is 1. The fourth-order valence-corrected chi connectivity index (χ4v) is 1.76. The topological polar surface area (TPSA) is 49.3 Å². The Balaban J connectivity index is 1.90. The van der Waals surface area contributed by atoms with Gasteiger partial charge in [0.25, 0.3) is 0 Å². The van der Waals surface area contributed by atoms with Crippen LogP contribution in [-0.2, 0) is 11.2 Å². The zero-order valence-electron chi connectivity index (χ0n) is 10.3. The van der Waals surface area contributed by atoms with Gasteiger partial charge >= 0.3 is 0 Å². The van der Waals surface area contributed by atoms with Crippen molar-refractivity contribution in [3.63, 3.8) is 0 Å². The van der Waals surface area contributed by atoms with Crippen LogP contribution in [0.5, 0.6) is 5.75 Å². The van der Waals surface area contributed by atoms with Gasteiger partial charge in [-0.2, -0.15) is 0 Å². The summed E-state index contributed by atoms with van der Waals surface area (Å²) in [6.07, 6.45) is 0.669. The number of aryl methyl sites for hydroxylation is 1. The molecule has 0 aromatic heterocycles. The summed E-state index contributed by atoms with van der Waals surface area (Å²) in [7, 11) is 0. The molecule has 0 aliphatic carbocycles. The Hall–Kier alpha value is -2.36. The van der Waals surface area contributed by atoms with E-state index in [1.54, 1.807) is 30.3 Å². The standard InChI is InChI=1S/C15H14FNO2/c16-12-5-3-6-13(10-12)17-15(19)9-8-11-4-1-2-7-14(11)18/h1-7,10,18H,8-9H2,(H,17,19). The summed E-state index contributed by atoms with van der Waals surface area (Å²) in [6, 6.07) is 12.6. The number of hydrogen-bond donors (Lipinski definition) is 2. The van der Waals surface area contributed by atoms with E-state index in [9.17, 15) is 14.3 Å². The van der Waals surface area contributed by atoms with E-state index in [4.69, 9.17) is 0 Å². The predicted molar refractivity (Wildman–Crippen MR) is 71.5 cm³/mol. The summed E-state index contributed by atoms with van der Waals surface area (Å²) in [4.78, 5) is 11.7. The summed E-state index contributed by atoms with van der Waals surface area (Å²) in [5.41, 5.74) is 1.15. The fourth-order valence-electron chi connectivity index (χ4n) is 1.76. The molecule has 0 radical (unpaired) electrons. The molecular weight excluding hydrogens is 245 g/mol. The lowest BCUT2D eigenvalue weighted by atomic mass is 10.1. The molecule has 0 fully saturated rings. The number of aromatic hydroxyl groups is 1. The van der Waals surface area contributed by atoms with Crippen LogP contribution >= 0.6 is 0 Å². The van der Waals surface area contributed by atoms with E-state index in [2.05, 4.69) is 5.32 Å². The van der Waals surface area contributed by atoms with Crippen molar-refractivity contribution in [2.24, 2.45) is 0 Å². The number of benzene rings is 2. The van der Waals surface area contributed by atoms with Gasteiger partial charge in [-0.05, 0) is 36.2 Å². The molecule has 98 valence electrons. The maximum atomic E-state index is 12.9. The molecular formula is C15H14FNO2. The number of halogens is 1. The number of para-hydroxylation sites is 1. The first-order valence-corrected chi connectivity index (χ1v) is 5.97. The highest BCUT2D eigenvalue weighted by Gasteiger charge is 2.06. The number of carbonyl (C=O) groups excluding carboxylic acids is 1. The van der Waals surface area contributed by atoms with Crippen LogP contribution in [0.4, 0.5) is 10.1 Å². The number of rotatable bonds is 4. The van der Waals surface area contributed by atoms with Crippen LogP contribution in [0.3, 0.4) is 0 Å². The van der Waals surface area contributed by atoms with Crippen LogP contribution in [0.2, 0.25) is 0 Å². The Morgan fingerprint density at radius 2 is 1.95 bits per heavy atom. The molecule has 0 aliphatic rings. The Morgan fingerprint density at radius 1 is 1.16 bits per heavy atom. The van der Waals surface area contributed by atoms with Gasteiger partial charge in [-0.1, -0.05) is 24.3 Å². The first-order chi connectivity index (χ1) is 9.15. The van der Waals surface area contributed by atoms with Gasteiger partial charge in [-0.25, -0.2) is 4.39 Å². The van der Waals surface area contributed by atoms with Crippen molar-refractivity contribution < 1.29 is 14.3 Å². The van der Waals surface area contributed by atoms with Gasteiger partial charge in [-0.3, -0.25) is 4.79 Å². The SMILES string of the molecule is O=C(CCc1ccccc1O)Nc1cccc(F)c1. The van der Waals surface area contributed by atoms with Crippen molar-refractivity contribution in [1.82, 2.24) is 0 Å². The van der Waals surface area contributed by atoms with E-state index in [1.165, 1.54) is 18.2 Å². The van der Waals surface area contributed by atoms with Crippen molar-refractivity contribution in [2.45, 2.75) is 12.8 Å². The van der Waals surface area contributed by atoms with Crippen molar-refractivity contribution >= 4 is 11.6 Å². The molecule has 0 unspecified atom stereocenters. The van der Waals surface area contributed by atoms with Gasteiger partial charge < -0.3 is 10.4 Å². The highest BCUT2D eigenvalue weighted by Crippen LogP contribution is 2.17. The van der Waals surface area contributed by atoms with Gasteiger partial charge in [0.15, 0.2) is 0 Å². The second-order valence-electron chi connectivity index (χ2n) is 4.19. The lowest BCUT2D eigenvalue weighted by Gasteiger charge is -2.06. The fraction of sp³-hybridized carbons (Fsp3) is 0.133. The first-order valence-electron chi connectivity index (χ1n) is 5.97. The van der Waals surface area contributed by atoms with E-state index in [1.807, 2.05) is 0 Å². The third kappa shape index (κ3) is 3.81. The minimum Gasteiger partial charge on any atom is -0.508 e. The molecule has 4 heteroatoms. The summed E-state index contributed by atoms with van der Waals surface area (Å²) in [5, 5.41) is 12.2. The second kappa shape index (κ2) is 6.00. The average molecular weight is 259 g/mol. The summed E-state index contributed by atoms with van der Waals surface area (Å²) in [6.45, 7) is 0. The molecule has 0 saturated carbocycles. The molecule has 1 amide bonds. The van der Waals surface area contributed by atoms with Gasteiger partial charge in [0.1, 0.15) is 11.6 Å². The number of phenols is 1. The number of phenolic OH excluding ortho intramolecular Hbond substituents is 1. The normalized spacial score (nSPS) is 10.2. The highest BCUT2D eigenvalue weighted by atomic mass is 19.1. The molecule has 0 saturated heterocycles. The molecule has 3 nitrogen and oxygen atoms in total. The van der Waals surface area contributed by atoms with Gasteiger partial charge in [-0.15, -0.1) is 0 Å². The smallest absolute Gasteiger partial charge is 0.224 e. The van der Waals surface area contributed by atoms with Crippen molar-refractivity contribution in [1.29, 1.82) is 0 Å². The van der Waals surface area contributed by atoms with Crippen molar-refractivity contribution in [3.05, 3.63) is 59.9 Å². The lowest BCUT2D eigenvalue weighted by molar-refractivity contribution is -0.116. The molecule has 0 aliphatic heterocycles. The van der Waals surface area contributed by atoms with E-state index in [0.717, 1.165) is 5.56 Å². The molecule has 2 rings (SSSR count). The Morgan fingerprint density at radius 3 is 2.68 bits per heavy atom. The van der Waals surface area contributed by atoms with Crippen LogP contribution < -0.4 is 5.32 Å². The predicted octanol–water partition coefficient (Wildman–Crippen LogP) is 3.10. The van der Waals surface area contributed by atoms with Crippen LogP contribution in [0.1, 0.15) is 12.0 Å². The highest BCUT2D eigenvalue weighted by molar-refractivity contribution is 5.90. The van der Waals surface area contributed by atoms with Crippen LogP contribution in [-0.4, -0.2) is 11.0 Å². The van der Waals surface area contributed by atoms with Gasteiger partial charge in [0, 0.05) is 12.1 Å². The molecule has 0 bridgehead atoms. The minimum atomic E-state index is -0.390.